The highest BCUT2D eigenvalue weighted by Gasteiger charge is 2.31. The molecule has 0 radical (unpaired) electrons. The first-order valence-corrected chi connectivity index (χ1v) is 5.50. The van der Waals surface area contributed by atoms with Crippen molar-refractivity contribution in [3.63, 3.8) is 0 Å². The summed E-state index contributed by atoms with van der Waals surface area (Å²) in [6.45, 7) is 3.31. The third-order valence-electron chi connectivity index (χ3n) is 2.57. The molecule has 6 heteroatoms. The highest BCUT2D eigenvalue weighted by atomic mass is 19.4. The Morgan fingerprint density at radius 3 is 2.50 bits per heavy atom. The molecule has 1 rings (SSSR count). The molecule has 0 aliphatic heterocycles. The Labute approximate surface area is 104 Å². The van der Waals surface area contributed by atoms with Crippen molar-refractivity contribution in [2.24, 2.45) is 5.73 Å². The van der Waals surface area contributed by atoms with Crippen molar-refractivity contribution >= 4 is 5.69 Å². The number of anilines is 1. The fourth-order valence-corrected chi connectivity index (χ4v) is 1.68. The molecule has 0 unspecified atom stereocenters. The molecule has 0 bridgehead atoms. The normalized spacial score (nSPS) is 11.1. The second-order valence-electron chi connectivity index (χ2n) is 3.71. The van der Waals surface area contributed by atoms with Crippen molar-refractivity contribution in [2.45, 2.75) is 13.1 Å². The van der Waals surface area contributed by atoms with Crippen molar-refractivity contribution in [3.05, 3.63) is 29.3 Å². The van der Waals surface area contributed by atoms with Crippen LogP contribution >= 0.6 is 0 Å². The van der Waals surface area contributed by atoms with Crippen LogP contribution in [0, 0.1) is 11.3 Å². The molecule has 0 saturated heterocycles. The monoisotopic (exact) mass is 257 g/mol. The van der Waals surface area contributed by atoms with Crippen molar-refractivity contribution in [1.29, 1.82) is 5.26 Å². The van der Waals surface area contributed by atoms with Crippen LogP contribution in [0.2, 0.25) is 0 Å². The van der Waals surface area contributed by atoms with E-state index >= 15 is 0 Å². The second kappa shape index (κ2) is 5.74. The average Bonchev–Trinajstić information content (AvgIpc) is 2.34. The number of rotatable bonds is 4. The summed E-state index contributed by atoms with van der Waals surface area (Å²) in [5, 5.41) is 8.95. The first-order chi connectivity index (χ1) is 8.43. The smallest absolute Gasteiger partial charge is 0.369 e. The minimum atomic E-state index is -4.44. The van der Waals surface area contributed by atoms with Gasteiger partial charge in [-0.05, 0) is 25.1 Å². The molecule has 0 atom stereocenters. The molecule has 0 heterocycles. The molecule has 0 spiro atoms. The Balaban J connectivity index is 3.19. The SMILES string of the molecule is CCN(CCN)c1ccc(C(F)(F)F)cc1C#N. The molecule has 18 heavy (non-hydrogen) atoms. The average molecular weight is 257 g/mol. The minimum Gasteiger partial charge on any atom is -0.369 e. The van der Waals surface area contributed by atoms with Crippen molar-refractivity contribution in [2.75, 3.05) is 24.5 Å². The van der Waals surface area contributed by atoms with Crippen LogP contribution in [0.4, 0.5) is 18.9 Å². The molecule has 1 aromatic rings. The minimum absolute atomic E-state index is 0.0140. The van der Waals surface area contributed by atoms with Crippen LogP contribution in [0.5, 0.6) is 0 Å². The number of hydrogen-bond donors (Lipinski definition) is 1. The Hall–Kier alpha value is -1.74. The van der Waals surface area contributed by atoms with Gasteiger partial charge in [-0.2, -0.15) is 18.4 Å². The van der Waals surface area contributed by atoms with Gasteiger partial charge in [-0.25, -0.2) is 0 Å². The van der Waals surface area contributed by atoms with E-state index in [9.17, 15) is 13.2 Å². The van der Waals surface area contributed by atoms with Crippen LogP contribution in [0.15, 0.2) is 18.2 Å². The van der Waals surface area contributed by atoms with E-state index in [2.05, 4.69) is 0 Å². The quantitative estimate of drug-likeness (QED) is 0.900. The molecule has 2 N–H and O–H groups in total. The molecule has 0 aromatic heterocycles. The van der Waals surface area contributed by atoms with Crippen LogP contribution in [0.25, 0.3) is 0 Å². The van der Waals surface area contributed by atoms with Gasteiger partial charge in [0.15, 0.2) is 0 Å². The number of hydrogen-bond acceptors (Lipinski definition) is 3. The van der Waals surface area contributed by atoms with E-state index in [4.69, 9.17) is 11.0 Å². The van der Waals surface area contributed by atoms with Gasteiger partial charge < -0.3 is 10.6 Å². The van der Waals surface area contributed by atoms with Crippen LogP contribution in [0.1, 0.15) is 18.1 Å². The third-order valence-corrected chi connectivity index (χ3v) is 2.57. The molecular formula is C12H14F3N3. The van der Waals surface area contributed by atoms with Gasteiger partial charge in [-0.15, -0.1) is 0 Å². The summed E-state index contributed by atoms with van der Waals surface area (Å²) in [6, 6.07) is 4.97. The third kappa shape index (κ3) is 3.14. The molecule has 0 aliphatic rings. The maximum Gasteiger partial charge on any atom is 0.416 e. The first kappa shape index (κ1) is 14.3. The largest absolute Gasteiger partial charge is 0.416 e. The van der Waals surface area contributed by atoms with Crippen LogP contribution in [0.3, 0.4) is 0 Å². The molecule has 0 amide bonds. The summed E-state index contributed by atoms with van der Waals surface area (Å²) in [4.78, 5) is 1.78. The number of likely N-dealkylation sites (N-methyl/N-ethyl adjacent to an activating group) is 1. The summed E-state index contributed by atoms with van der Waals surface area (Å²) in [5.41, 5.74) is 5.11. The summed E-state index contributed by atoms with van der Waals surface area (Å²) < 4.78 is 37.6. The highest BCUT2D eigenvalue weighted by Crippen LogP contribution is 2.32. The van der Waals surface area contributed by atoms with Crippen molar-refractivity contribution in [1.82, 2.24) is 0 Å². The number of nitriles is 1. The maximum absolute atomic E-state index is 12.5. The van der Waals surface area contributed by atoms with Gasteiger partial charge in [0.2, 0.25) is 0 Å². The molecule has 0 saturated carbocycles. The van der Waals surface area contributed by atoms with E-state index in [0.29, 0.717) is 25.3 Å². The zero-order valence-electron chi connectivity index (χ0n) is 9.96. The predicted octanol–water partition coefficient (Wildman–Crippen LogP) is 2.36. The van der Waals surface area contributed by atoms with E-state index in [1.807, 2.05) is 6.92 Å². The number of nitrogens with zero attached hydrogens (tertiary/aromatic N) is 2. The van der Waals surface area contributed by atoms with Crippen molar-refractivity contribution in [3.8, 4) is 6.07 Å². The van der Waals surface area contributed by atoms with Gasteiger partial charge in [0.1, 0.15) is 6.07 Å². The van der Waals surface area contributed by atoms with Gasteiger partial charge >= 0.3 is 6.18 Å². The van der Waals surface area contributed by atoms with Gasteiger partial charge in [0.05, 0.1) is 16.8 Å². The van der Waals surface area contributed by atoms with Crippen molar-refractivity contribution < 1.29 is 13.2 Å². The second-order valence-corrected chi connectivity index (χ2v) is 3.71. The Morgan fingerprint density at radius 1 is 1.39 bits per heavy atom. The van der Waals surface area contributed by atoms with Gasteiger partial charge in [0.25, 0.3) is 0 Å². The Bertz CT molecular complexity index is 449. The maximum atomic E-state index is 12.5. The summed E-state index contributed by atoms with van der Waals surface area (Å²) in [6.07, 6.45) is -4.44. The molecule has 98 valence electrons. The predicted molar refractivity (Wildman–Crippen MR) is 63.1 cm³/mol. The lowest BCUT2D eigenvalue weighted by molar-refractivity contribution is -0.137. The molecule has 0 aliphatic carbocycles. The van der Waals surface area contributed by atoms with Crippen LogP contribution in [-0.2, 0) is 6.18 Å². The standard InChI is InChI=1S/C12H14F3N3/c1-2-18(6-5-16)11-4-3-10(12(13,14)15)7-9(11)8-17/h3-4,7H,2,5-6,16H2,1H3. The van der Waals surface area contributed by atoms with Gasteiger partial charge in [0, 0.05) is 19.6 Å². The lowest BCUT2D eigenvalue weighted by Gasteiger charge is -2.24. The molecule has 1 aromatic carbocycles. The van der Waals surface area contributed by atoms with E-state index in [1.165, 1.54) is 6.07 Å². The highest BCUT2D eigenvalue weighted by molar-refractivity contribution is 5.60. The fraction of sp³-hybridized carbons (Fsp3) is 0.417. The van der Waals surface area contributed by atoms with Crippen LogP contribution < -0.4 is 10.6 Å². The fourth-order valence-electron chi connectivity index (χ4n) is 1.68. The zero-order valence-corrected chi connectivity index (χ0v) is 9.96. The van der Waals surface area contributed by atoms with Gasteiger partial charge in [-0.1, -0.05) is 0 Å². The summed E-state index contributed by atoms with van der Waals surface area (Å²) >= 11 is 0. The van der Waals surface area contributed by atoms with E-state index in [0.717, 1.165) is 12.1 Å². The number of nitrogens with two attached hydrogens (primary N) is 1. The van der Waals surface area contributed by atoms with E-state index in [1.54, 1.807) is 11.0 Å². The first-order valence-electron chi connectivity index (χ1n) is 5.50. The Kier molecular flexibility index (Phi) is 4.56. The number of benzene rings is 1. The van der Waals surface area contributed by atoms with Gasteiger partial charge in [-0.3, -0.25) is 0 Å². The summed E-state index contributed by atoms with van der Waals surface area (Å²) in [7, 11) is 0. The molecule has 0 fully saturated rings. The van der Waals surface area contributed by atoms with Crippen LogP contribution in [-0.4, -0.2) is 19.6 Å². The lowest BCUT2D eigenvalue weighted by atomic mass is 10.1. The zero-order chi connectivity index (χ0) is 13.8. The van der Waals surface area contributed by atoms with E-state index < -0.39 is 11.7 Å². The Morgan fingerprint density at radius 2 is 2.06 bits per heavy atom. The summed E-state index contributed by atoms with van der Waals surface area (Å²) in [5.74, 6) is 0. The number of halogens is 3. The lowest BCUT2D eigenvalue weighted by Crippen LogP contribution is -2.29. The molecular weight excluding hydrogens is 243 g/mol. The molecule has 3 nitrogen and oxygen atoms in total. The van der Waals surface area contributed by atoms with E-state index in [-0.39, 0.29) is 5.56 Å². The number of alkyl halides is 3. The topological polar surface area (TPSA) is 53.0 Å².